The van der Waals surface area contributed by atoms with E-state index in [4.69, 9.17) is 6.42 Å². The smallest absolute Gasteiger partial charge is 0.0684 e. The Bertz CT molecular complexity index is 380. The molecule has 1 aromatic carbocycles. The van der Waals surface area contributed by atoms with Crippen LogP contribution >= 0.6 is 0 Å². The first-order chi connectivity index (χ1) is 8.29. The van der Waals surface area contributed by atoms with Crippen molar-refractivity contribution in [2.75, 3.05) is 19.6 Å². The minimum atomic E-state index is 0.246. The Kier molecular flexibility index (Phi) is 4.19. The van der Waals surface area contributed by atoms with Crippen molar-refractivity contribution in [2.24, 2.45) is 0 Å². The van der Waals surface area contributed by atoms with Gasteiger partial charge < -0.3 is 5.32 Å². The van der Waals surface area contributed by atoms with Gasteiger partial charge in [0.2, 0.25) is 0 Å². The third kappa shape index (κ3) is 3.33. The van der Waals surface area contributed by atoms with Crippen LogP contribution in [-0.2, 0) is 6.42 Å². The van der Waals surface area contributed by atoms with Crippen LogP contribution in [0.3, 0.4) is 0 Å². The molecule has 1 aliphatic heterocycles. The Balaban J connectivity index is 1.92. The number of hydrogen-bond donors (Lipinski definition) is 1. The average Bonchev–Trinajstić information content (AvgIpc) is 2.39. The highest BCUT2D eigenvalue weighted by molar-refractivity contribution is 5.16. The number of hydrogen-bond acceptors (Lipinski definition) is 2. The molecule has 90 valence electrons. The average molecular weight is 228 g/mol. The predicted octanol–water partition coefficient (Wildman–Crippen LogP) is 1.52. The number of nitrogens with one attached hydrogen (secondary N) is 1. The molecule has 1 fully saturated rings. The maximum Gasteiger partial charge on any atom is 0.0684 e. The van der Waals surface area contributed by atoms with Crippen LogP contribution in [-0.4, -0.2) is 36.6 Å². The zero-order chi connectivity index (χ0) is 12.1. The lowest BCUT2D eigenvalue weighted by Gasteiger charge is -2.35. The molecule has 1 aliphatic rings. The van der Waals surface area contributed by atoms with Gasteiger partial charge in [-0.3, -0.25) is 4.90 Å². The van der Waals surface area contributed by atoms with Crippen molar-refractivity contribution in [1.82, 2.24) is 10.2 Å². The Labute approximate surface area is 104 Å². The Morgan fingerprint density at radius 2 is 2.24 bits per heavy atom. The molecular weight excluding hydrogens is 208 g/mol. The van der Waals surface area contributed by atoms with Crippen LogP contribution in [0.25, 0.3) is 0 Å². The van der Waals surface area contributed by atoms with Gasteiger partial charge >= 0.3 is 0 Å². The summed E-state index contributed by atoms with van der Waals surface area (Å²) in [6.07, 6.45) is 6.57. The molecule has 2 unspecified atom stereocenters. The highest BCUT2D eigenvalue weighted by Gasteiger charge is 2.21. The molecule has 1 aromatic rings. The van der Waals surface area contributed by atoms with Gasteiger partial charge in [-0.2, -0.15) is 0 Å². The number of nitrogens with zero attached hydrogens (tertiary/aromatic N) is 1. The van der Waals surface area contributed by atoms with Crippen LogP contribution in [0.2, 0.25) is 0 Å². The van der Waals surface area contributed by atoms with Crippen LogP contribution in [0.5, 0.6) is 0 Å². The monoisotopic (exact) mass is 228 g/mol. The number of benzene rings is 1. The normalized spacial score (nSPS) is 22.9. The van der Waals surface area contributed by atoms with Crippen LogP contribution in [0.4, 0.5) is 0 Å². The summed E-state index contributed by atoms with van der Waals surface area (Å²) in [4.78, 5) is 2.38. The van der Waals surface area contributed by atoms with E-state index in [1.54, 1.807) is 0 Å². The fourth-order valence-electron chi connectivity index (χ4n) is 2.34. The quantitative estimate of drug-likeness (QED) is 0.789. The highest BCUT2D eigenvalue weighted by Crippen LogP contribution is 2.09. The number of terminal acetylenes is 1. The second-order valence-electron chi connectivity index (χ2n) is 4.68. The molecule has 0 aliphatic carbocycles. The molecule has 1 saturated heterocycles. The van der Waals surface area contributed by atoms with Crippen molar-refractivity contribution in [1.29, 1.82) is 0 Å². The van der Waals surface area contributed by atoms with E-state index in [1.807, 2.05) is 0 Å². The summed E-state index contributed by atoms with van der Waals surface area (Å²) in [6, 6.07) is 11.4. The predicted molar refractivity (Wildman–Crippen MR) is 71.8 cm³/mol. The van der Waals surface area contributed by atoms with Gasteiger partial charge in [0.25, 0.3) is 0 Å². The van der Waals surface area contributed by atoms with E-state index >= 15 is 0 Å². The summed E-state index contributed by atoms with van der Waals surface area (Å²) < 4.78 is 0. The number of rotatable bonds is 3. The maximum absolute atomic E-state index is 5.49. The minimum Gasteiger partial charge on any atom is -0.311 e. The van der Waals surface area contributed by atoms with Gasteiger partial charge in [0, 0.05) is 25.7 Å². The van der Waals surface area contributed by atoms with Crippen molar-refractivity contribution in [3.63, 3.8) is 0 Å². The van der Waals surface area contributed by atoms with Gasteiger partial charge in [-0.25, -0.2) is 0 Å². The van der Waals surface area contributed by atoms with E-state index in [2.05, 4.69) is 53.4 Å². The van der Waals surface area contributed by atoms with E-state index in [0.29, 0.717) is 6.04 Å². The fourth-order valence-corrected chi connectivity index (χ4v) is 2.34. The molecule has 0 spiro atoms. The van der Waals surface area contributed by atoms with Crippen LogP contribution in [0.1, 0.15) is 12.5 Å². The molecule has 0 amide bonds. The second kappa shape index (κ2) is 5.86. The summed E-state index contributed by atoms with van der Waals surface area (Å²) in [5.41, 5.74) is 1.39. The standard InChI is InChI=1S/C15H20N2/c1-3-13(2)17-10-9-16-15(12-17)11-14-7-5-4-6-8-14/h1,4-8,13,15-16H,9-12H2,2H3. The van der Waals surface area contributed by atoms with Crippen molar-refractivity contribution >= 4 is 0 Å². The maximum atomic E-state index is 5.49. The Morgan fingerprint density at radius 3 is 2.94 bits per heavy atom. The second-order valence-corrected chi connectivity index (χ2v) is 4.68. The Morgan fingerprint density at radius 1 is 1.47 bits per heavy atom. The molecule has 0 aromatic heterocycles. The molecule has 2 nitrogen and oxygen atoms in total. The molecule has 2 heteroatoms. The molecule has 1 heterocycles. The zero-order valence-corrected chi connectivity index (χ0v) is 10.4. The first-order valence-corrected chi connectivity index (χ1v) is 6.27. The fraction of sp³-hybridized carbons (Fsp3) is 0.467. The van der Waals surface area contributed by atoms with Crippen molar-refractivity contribution in [3.8, 4) is 12.3 Å². The van der Waals surface area contributed by atoms with E-state index in [1.165, 1.54) is 5.56 Å². The minimum absolute atomic E-state index is 0.246. The van der Waals surface area contributed by atoms with Gasteiger partial charge in [0.1, 0.15) is 0 Å². The lowest BCUT2D eigenvalue weighted by Crippen LogP contribution is -2.53. The SMILES string of the molecule is C#CC(C)N1CCNC(Cc2ccccc2)C1. The molecule has 0 radical (unpaired) electrons. The van der Waals surface area contributed by atoms with Crippen molar-refractivity contribution in [3.05, 3.63) is 35.9 Å². The first kappa shape index (κ1) is 12.2. The van der Waals surface area contributed by atoms with Gasteiger partial charge in [0.15, 0.2) is 0 Å². The van der Waals surface area contributed by atoms with Crippen LogP contribution in [0.15, 0.2) is 30.3 Å². The van der Waals surface area contributed by atoms with Gasteiger partial charge in [0.05, 0.1) is 6.04 Å². The summed E-state index contributed by atoms with van der Waals surface area (Å²) in [6.45, 7) is 5.23. The molecule has 0 saturated carbocycles. The molecule has 0 bridgehead atoms. The van der Waals surface area contributed by atoms with Crippen LogP contribution < -0.4 is 5.32 Å². The largest absolute Gasteiger partial charge is 0.311 e. The lowest BCUT2D eigenvalue weighted by molar-refractivity contribution is 0.179. The van der Waals surface area contributed by atoms with Gasteiger partial charge in [-0.15, -0.1) is 6.42 Å². The van der Waals surface area contributed by atoms with E-state index in [0.717, 1.165) is 26.1 Å². The van der Waals surface area contributed by atoms with Crippen molar-refractivity contribution in [2.45, 2.75) is 25.4 Å². The highest BCUT2D eigenvalue weighted by atomic mass is 15.2. The molecule has 2 rings (SSSR count). The molecule has 1 N–H and O–H groups in total. The third-order valence-electron chi connectivity index (χ3n) is 3.40. The van der Waals surface area contributed by atoms with E-state index < -0.39 is 0 Å². The topological polar surface area (TPSA) is 15.3 Å². The lowest BCUT2D eigenvalue weighted by atomic mass is 10.0. The van der Waals surface area contributed by atoms with E-state index in [9.17, 15) is 0 Å². The zero-order valence-electron chi connectivity index (χ0n) is 10.4. The van der Waals surface area contributed by atoms with Gasteiger partial charge in [-0.1, -0.05) is 36.3 Å². The number of piperazine rings is 1. The van der Waals surface area contributed by atoms with Crippen LogP contribution in [0, 0.1) is 12.3 Å². The summed E-state index contributed by atoms with van der Waals surface area (Å²) in [5, 5.41) is 3.57. The summed E-state index contributed by atoms with van der Waals surface area (Å²) >= 11 is 0. The third-order valence-corrected chi connectivity index (χ3v) is 3.40. The van der Waals surface area contributed by atoms with E-state index in [-0.39, 0.29) is 6.04 Å². The first-order valence-electron chi connectivity index (χ1n) is 6.27. The molecule has 2 atom stereocenters. The molecular formula is C15H20N2. The van der Waals surface area contributed by atoms with Gasteiger partial charge in [-0.05, 0) is 18.9 Å². The molecule has 17 heavy (non-hydrogen) atoms. The summed E-state index contributed by atoms with van der Waals surface area (Å²) in [5.74, 6) is 2.82. The summed E-state index contributed by atoms with van der Waals surface area (Å²) in [7, 11) is 0. The van der Waals surface area contributed by atoms with Crippen molar-refractivity contribution < 1.29 is 0 Å². The Hall–Kier alpha value is -1.30.